The lowest BCUT2D eigenvalue weighted by Crippen LogP contribution is -2.42. The van der Waals surface area contributed by atoms with Crippen LogP contribution in [0.3, 0.4) is 0 Å². The van der Waals surface area contributed by atoms with Gasteiger partial charge in [-0.15, -0.1) is 0 Å². The van der Waals surface area contributed by atoms with Crippen molar-refractivity contribution in [2.24, 2.45) is 11.7 Å². The lowest BCUT2D eigenvalue weighted by Gasteiger charge is -2.36. The van der Waals surface area contributed by atoms with Crippen molar-refractivity contribution >= 4 is 5.69 Å². The second-order valence-electron chi connectivity index (χ2n) is 4.57. The van der Waals surface area contributed by atoms with Gasteiger partial charge in [0.15, 0.2) is 0 Å². The van der Waals surface area contributed by atoms with Gasteiger partial charge in [0.25, 0.3) is 0 Å². The van der Waals surface area contributed by atoms with Crippen LogP contribution in [0.15, 0.2) is 18.2 Å². The Labute approximate surface area is 94.0 Å². The Morgan fingerprint density at radius 2 is 2.06 bits per heavy atom. The first kappa shape index (κ1) is 11.3. The van der Waals surface area contributed by atoms with Crippen LogP contribution < -0.4 is 10.6 Å². The fourth-order valence-corrected chi connectivity index (χ4v) is 2.21. The third kappa shape index (κ3) is 2.32. The maximum absolute atomic E-state index is 13.4. The Balaban J connectivity index is 2.00. The summed E-state index contributed by atoms with van der Waals surface area (Å²) < 4.78 is 26.2. The minimum absolute atomic E-state index is 0.302. The molecule has 1 aliphatic rings. The fraction of sp³-hybridized carbons (Fsp3) is 0.500. The molecule has 1 aliphatic carbocycles. The highest BCUT2D eigenvalue weighted by Crippen LogP contribution is 2.28. The van der Waals surface area contributed by atoms with Crippen LogP contribution in [-0.4, -0.2) is 19.6 Å². The van der Waals surface area contributed by atoms with Crippen LogP contribution in [0.25, 0.3) is 0 Å². The van der Waals surface area contributed by atoms with Crippen LogP contribution in [0.2, 0.25) is 0 Å². The van der Waals surface area contributed by atoms with E-state index in [1.807, 2.05) is 11.9 Å². The molecule has 2 N–H and O–H groups in total. The highest BCUT2D eigenvalue weighted by molar-refractivity contribution is 5.47. The molecule has 0 radical (unpaired) electrons. The second-order valence-corrected chi connectivity index (χ2v) is 4.57. The summed E-state index contributed by atoms with van der Waals surface area (Å²) in [4.78, 5) is 1.82. The molecule has 2 nitrogen and oxygen atoms in total. The van der Waals surface area contributed by atoms with Crippen LogP contribution in [0, 0.1) is 17.6 Å². The van der Waals surface area contributed by atoms with E-state index in [0.29, 0.717) is 17.6 Å². The standard InChI is InChI=1S/C12H16F2N2/c1-16(7-8-4-10(15)5-8)12-3-2-9(13)6-11(12)14/h2-3,6,8,10H,4-5,7,15H2,1H3. The number of halogens is 2. The number of nitrogens with zero attached hydrogens (tertiary/aromatic N) is 1. The van der Waals surface area contributed by atoms with Gasteiger partial charge in [0, 0.05) is 25.7 Å². The van der Waals surface area contributed by atoms with E-state index in [1.54, 1.807) is 0 Å². The van der Waals surface area contributed by atoms with E-state index in [9.17, 15) is 8.78 Å². The number of hydrogen-bond acceptors (Lipinski definition) is 2. The monoisotopic (exact) mass is 226 g/mol. The van der Waals surface area contributed by atoms with Gasteiger partial charge in [-0.2, -0.15) is 0 Å². The number of benzene rings is 1. The molecule has 0 aliphatic heterocycles. The van der Waals surface area contributed by atoms with Crippen molar-refractivity contribution in [2.75, 3.05) is 18.5 Å². The summed E-state index contributed by atoms with van der Waals surface area (Å²) in [5.41, 5.74) is 6.14. The molecule has 1 saturated carbocycles. The molecule has 0 aromatic heterocycles. The lowest BCUT2D eigenvalue weighted by molar-refractivity contribution is 0.270. The molecule has 16 heavy (non-hydrogen) atoms. The first-order valence-corrected chi connectivity index (χ1v) is 5.48. The smallest absolute Gasteiger partial charge is 0.149 e. The molecular weight excluding hydrogens is 210 g/mol. The largest absolute Gasteiger partial charge is 0.372 e. The Kier molecular flexibility index (Phi) is 3.10. The second kappa shape index (κ2) is 4.37. The van der Waals surface area contributed by atoms with E-state index in [1.165, 1.54) is 12.1 Å². The maximum atomic E-state index is 13.4. The molecule has 0 spiro atoms. The van der Waals surface area contributed by atoms with E-state index in [2.05, 4.69) is 0 Å². The van der Waals surface area contributed by atoms with Crippen molar-refractivity contribution in [3.63, 3.8) is 0 Å². The van der Waals surface area contributed by atoms with E-state index >= 15 is 0 Å². The fourth-order valence-electron chi connectivity index (χ4n) is 2.21. The van der Waals surface area contributed by atoms with Gasteiger partial charge in [0.1, 0.15) is 11.6 Å². The number of nitrogens with two attached hydrogens (primary N) is 1. The third-order valence-corrected chi connectivity index (χ3v) is 3.13. The molecule has 2 rings (SSSR count). The van der Waals surface area contributed by atoms with E-state index < -0.39 is 11.6 Å². The zero-order chi connectivity index (χ0) is 11.7. The summed E-state index contributed by atoms with van der Waals surface area (Å²) in [6, 6.07) is 3.97. The summed E-state index contributed by atoms with van der Waals surface area (Å²) in [5, 5.41) is 0. The SMILES string of the molecule is CN(CC1CC(N)C1)c1ccc(F)cc1F. The van der Waals surface area contributed by atoms with Crippen LogP contribution >= 0.6 is 0 Å². The van der Waals surface area contributed by atoms with Gasteiger partial charge in [-0.25, -0.2) is 8.78 Å². The summed E-state index contributed by atoms with van der Waals surface area (Å²) in [6.45, 7) is 0.774. The molecule has 0 heterocycles. The maximum Gasteiger partial charge on any atom is 0.149 e. The van der Waals surface area contributed by atoms with Crippen LogP contribution in [0.1, 0.15) is 12.8 Å². The van der Waals surface area contributed by atoms with Gasteiger partial charge in [0.05, 0.1) is 5.69 Å². The first-order chi connectivity index (χ1) is 7.56. The molecule has 4 heteroatoms. The van der Waals surface area contributed by atoms with Crippen LogP contribution in [0.5, 0.6) is 0 Å². The molecule has 0 saturated heterocycles. The minimum atomic E-state index is -0.541. The predicted molar refractivity (Wildman–Crippen MR) is 60.3 cm³/mol. The van der Waals surface area contributed by atoms with Gasteiger partial charge in [-0.05, 0) is 30.9 Å². The highest BCUT2D eigenvalue weighted by Gasteiger charge is 2.27. The Morgan fingerprint density at radius 1 is 1.38 bits per heavy atom. The molecule has 1 aromatic rings. The molecule has 0 bridgehead atoms. The summed E-state index contributed by atoms with van der Waals surface area (Å²) in [6.07, 6.45) is 1.99. The highest BCUT2D eigenvalue weighted by atomic mass is 19.1. The third-order valence-electron chi connectivity index (χ3n) is 3.13. The van der Waals surface area contributed by atoms with E-state index in [0.717, 1.165) is 25.5 Å². The van der Waals surface area contributed by atoms with Gasteiger partial charge in [-0.1, -0.05) is 0 Å². The average molecular weight is 226 g/mol. The Hall–Kier alpha value is -1.16. The number of anilines is 1. The normalized spacial score (nSPS) is 24.0. The average Bonchev–Trinajstić information content (AvgIpc) is 2.15. The quantitative estimate of drug-likeness (QED) is 0.855. The van der Waals surface area contributed by atoms with Gasteiger partial charge in [-0.3, -0.25) is 0 Å². The van der Waals surface area contributed by atoms with Crippen LogP contribution in [0.4, 0.5) is 14.5 Å². The predicted octanol–water partition coefficient (Wildman–Crippen LogP) is 2.14. The van der Waals surface area contributed by atoms with Crippen molar-refractivity contribution < 1.29 is 8.78 Å². The Bertz CT molecular complexity index is 375. The topological polar surface area (TPSA) is 29.3 Å². The van der Waals surface area contributed by atoms with Crippen molar-refractivity contribution in [3.05, 3.63) is 29.8 Å². The Morgan fingerprint density at radius 3 is 2.62 bits per heavy atom. The molecule has 0 amide bonds. The zero-order valence-corrected chi connectivity index (χ0v) is 9.29. The molecule has 0 unspecified atom stereocenters. The molecule has 1 fully saturated rings. The lowest BCUT2D eigenvalue weighted by atomic mass is 9.80. The van der Waals surface area contributed by atoms with Crippen molar-refractivity contribution in [1.29, 1.82) is 0 Å². The van der Waals surface area contributed by atoms with Crippen LogP contribution in [-0.2, 0) is 0 Å². The van der Waals surface area contributed by atoms with Crippen molar-refractivity contribution in [1.82, 2.24) is 0 Å². The summed E-state index contributed by atoms with van der Waals surface area (Å²) in [5.74, 6) is -0.518. The molecule has 0 atom stereocenters. The zero-order valence-electron chi connectivity index (χ0n) is 9.29. The van der Waals surface area contributed by atoms with Gasteiger partial charge < -0.3 is 10.6 Å². The molecule has 88 valence electrons. The van der Waals surface area contributed by atoms with E-state index in [4.69, 9.17) is 5.73 Å². The van der Waals surface area contributed by atoms with Crippen molar-refractivity contribution in [2.45, 2.75) is 18.9 Å². The number of hydrogen-bond donors (Lipinski definition) is 1. The molecule has 1 aromatic carbocycles. The van der Waals surface area contributed by atoms with Gasteiger partial charge in [0.2, 0.25) is 0 Å². The summed E-state index contributed by atoms with van der Waals surface area (Å²) >= 11 is 0. The van der Waals surface area contributed by atoms with E-state index in [-0.39, 0.29) is 0 Å². The summed E-state index contributed by atoms with van der Waals surface area (Å²) in [7, 11) is 1.82. The van der Waals surface area contributed by atoms with Gasteiger partial charge >= 0.3 is 0 Å². The molecular formula is C12H16F2N2. The first-order valence-electron chi connectivity index (χ1n) is 5.48. The minimum Gasteiger partial charge on any atom is -0.372 e. The van der Waals surface area contributed by atoms with Crippen molar-refractivity contribution in [3.8, 4) is 0 Å². The number of rotatable bonds is 3.